The number of nitrogens with zero attached hydrogens (tertiary/aromatic N) is 1. The van der Waals surface area contributed by atoms with Gasteiger partial charge in [-0.3, -0.25) is 4.79 Å². The average molecular weight is 274 g/mol. The van der Waals surface area contributed by atoms with Gasteiger partial charge in [-0.2, -0.15) is 0 Å². The van der Waals surface area contributed by atoms with Gasteiger partial charge >= 0.3 is 0 Å². The Morgan fingerprint density at radius 1 is 1.30 bits per heavy atom. The second-order valence-corrected chi connectivity index (χ2v) is 5.93. The molecule has 1 saturated heterocycles. The standard InChI is InChI=1S/C16H22N2O2/c1-11-9-18(10-12(2)20-11)16(19)7-13-8-17-15-6-4-3-5-14(13)15/h3-6,11-13,17H,7-10H2,1-2H3/t11-,12+,13?. The smallest absolute Gasteiger partial charge is 0.223 e. The molecule has 0 spiro atoms. The van der Waals surface area contributed by atoms with E-state index in [4.69, 9.17) is 4.74 Å². The molecule has 1 fully saturated rings. The summed E-state index contributed by atoms with van der Waals surface area (Å²) < 4.78 is 5.69. The highest BCUT2D eigenvalue weighted by Gasteiger charge is 2.30. The zero-order valence-electron chi connectivity index (χ0n) is 12.1. The Kier molecular flexibility index (Phi) is 3.66. The molecular formula is C16H22N2O2. The summed E-state index contributed by atoms with van der Waals surface area (Å²) in [6.45, 7) is 6.35. The lowest BCUT2D eigenvalue weighted by atomic mass is 9.97. The van der Waals surface area contributed by atoms with Crippen LogP contribution in [0.1, 0.15) is 31.7 Å². The summed E-state index contributed by atoms with van der Waals surface area (Å²) in [4.78, 5) is 14.5. The number of nitrogens with one attached hydrogen (secondary N) is 1. The van der Waals surface area contributed by atoms with Crippen molar-refractivity contribution in [2.75, 3.05) is 25.0 Å². The van der Waals surface area contributed by atoms with E-state index < -0.39 is 0 Å². The molecule has 0 radical (unpaired) electrons. The van der Waals surface area contributed by atoms with Gasteiger partial charge in [0.25, 0.3) is 0 Å². The Balaban J connectivity index is 1.65. The summed E-state index contributed by atoms with van der Waals surface area (Å²) in [5, 5.41) is 3.38. The second kappa shape index (κ2) is 5.44. The third-order valence-electron chi connectivity index (χ3n) is 4.13. The molecule has 1 aromatic rings. The van der Waals surface area contributed by atoms with E-state index in [1.54, 1.807) is 0 Å². The first-order valence-electron chi connectivity index (χ1n) is 7.39. The van der Waals surface area contributed by atoms with Crippen molar-refractivity contribution in [1.29, 1.82) is 0 Å². The first-order chi connectivity index (χ1) is 9.63. The maximum absolute atomic E-state index is 12.5. The minimum Gasteiger partial charge on any atom is -0.384 e. The first-order valence-corrected chi connectivity index (χ1v) is 7.39. The predicted octanol–water partition coefficient (Wildman–Crippen LogP) is 2.22. The Hall–Kier alpha value is -1.55. The minimum atomic E-state index is 0.136. The predicted molar refractivity (Wildman–Crippen MR) is 78.9 cm³/mol. The average Bonchev–Trinajstić information content (AvgIpc) is 2.81. The molecule has 20 heavy (non-hydrogen) atoms. The van der Waals surface area contributed by atoms with Crippen LogP contribution in [0.4, 0.5) is 5.69 Å². The highest BCUT2D eigenvalue weighted by Crippen LogP contribution is 2.33. The summed E-state index contributed by atoms with van der Waals surface area (Å²) in [5.74, 6) is 0.544. The molecular weight excluding hydrogens is 252 g/mol. The molecule has 0 bridgehead atoms. The van der Waals surface area contributed by atoms with Gasteiger partial charge in [0.1, 0.15) is 0 Å². The third-order valence-corrected chi connectivity index (χ3v) is 4.13. The van der Waals surface area contributed by atoms with Crippen molar-refractivity contribution in [3.63, 3.8) is 0 Å². The Labute approximate surface area is 120 Å². The number of benzene rings is 1. The van der Waals surface area contributed by atoms with Gasteiger partial charge in [-0.1, -0.05) is 18.2 Å². The van der Waals surface area contributed by atoms with Gasteiger partial charge in [0.15, 0.2) is 0 Å². The van der Waals surface area contributed by atoms with Crippen molar-refractivity contribution < 1.29 is 9.53 Å². The van der Waals surface area contributed by atoms with Gasteiger partial charge < -0.3 is 15.0 Å². The van der Waals surface area contributed by atoms with Crippen molar-refractivity contribution in [2.24, 2.45) is 0 Å². The Bertz CT molecular complexity index is 493. The molecule has 1 aromatic carbocycles. The third kappa shape index (κ3) is 2.66. The molecule has 0 saturated carbocycles. The number of anilines is 1. The molecule has 3 rings (SSSR count). The molecule has 1 unspecified atom stereocenters. The normalized spacial score (nSPS) is 28.9. The van der Waals surface area contributed by atoms with Crippen LogP contribution in [0.3, 0.4) is 0 Å². The summed E-state index contributed by atoms with van der Waals surface area (Å²) in [5.41, 5.74) is 2.45. The maximum atomic E-state index is 12.5. The van der Waals surface area contributed by atoms with E-state index in [1.165, 1.54) is 11.3 Å². The van der Waals surface area contributed by atoms with Gasteiger partial charge in [-0.05, 0) is 25.5 Å². The highest BCUT2D eigenvalue weighted by molar-refractivity contribution is 5.78. The van der Waals surface area contributed by atoms with Crippen molar-refractivity contribution in [3.05, 3.63) is 29.8 Å². The van der Waals surface area contributed by atoms with Gasteiger partial charge in [0.2, 0.25) is 5.91 Å². The summed E-state index contributed by atoms with van der Waals surface area (Å²) in [6, 6.07) is 8.28. The number of amides is 1. The first kappa shape index (κ1) is 13.4. The molecule has 0 aliphatic carbocycles. The number of ether oxygens (including phenoxy) is 1. The molecule has 2 aliphatic rings. The van der Waals surface area contributed by atoms with E-state index in [9.17, 15) is 4.79 Å². The van der Waals surface area contributed by atoms with E-state index in [1.807, 2.05) is 30.9 Å². The second-order valence-electron chi connectivity index (χ2n) is 5.93. The molecule has 2 aliphatic heterocycles. The summed E-state index contributed by atoms with van der Waals surface area (Å²) >= 11 is 0. The van der Waals surface area contributed by atoms with Crippen LogP contribution in [-0.2, 0) is 9.53 Å². The zero-order valence-corrected chi connectivity index (χ0v) is 12.1. The van der Waals surface area contributed by atoms with Crippen LogP contribution in [0.25, 0.3) is 0 Å². The molecule has 2 heterocycles. The van der Waals surface area contributed by atoms with Crippen molar-refractivity contribution in [1.82, 2.24) is 4.90 Å². The number of rotatable bonds is 2. The van der Waals surface area contributed by atoms with Crippen molar-refractivity contribution in [2.45, 2.75) is 38.4 Å². The molecule has 3 atom stereocenters. The molecule has 0 aromatic heterocycles. The fourth-order valence-electron chi connectivity index (χ4n) is 3.26. The lowest BCUT2D eigenvalue weighted by Gasteiger charge is -2.35. The van der Waals surface area contributed by atoms with E-state index in [-0.39, 0.29) is 18.1 Å². The van der Waals surface area contributed by atoms with Crippen LogP contribution in [0.5, 0.6) is 0 Å². The SMILES string of the molecule is C[C@@H]1CN(C(=O)CC2CNc3ccccc32)C[C@H](C)O1. The number of para-hydroxylation sites is 1. The number of carbonyl (C=O) groups excluding carboxylic acids is 1. The maximum Gasteiger partial charge on any atom is 0.223 e. The highest BCUT2D eigenvalue weighted by atomic mass is 16.5. The zero-order chi connectivity index (χ0) is 14.1. The fraction of sp³-hybridized carbons (Fsp3) is 0.562. The van der Waals surface area contributed by atoms with Crippen LogP contribution in [0.15, 0.2) is 24.3 Å². The van der Waals surface area contributed by atoms with Crippen molar-refractivity contribution >= 4 is 11.6 Å². The minimum absolute atomic E-state index is 0.136. The quantitative estimate of drug-likeness (QED) is 0.899. The number of hydrogen-bond acceptors (Lipinski definition) is 3. The lowest BCUT2D eigenvalue weighted by Crippen LogP contribution is -2.48. The van der Waals surface area contributed by atoms with Crippen molar-refractivity contribution in [3.8, 4) is 0 Å². The molecule has 108 valence electrons. The largest absolute Gasteiger partial charge is 0.384 e. The van der Waals surface area contributed by atoms with E-state index in [2.05, 4.69) is 17.4 Å². The number of morpholine rings is 1. The van der Waals surface area contributed by atoms with Gasteiger partial charge in [0, 0.05) is 37.7 Å². The molecule has 4 heteroatoms. The van der Waals surface area contributed by atoms with Gasteiger partial charge in [0.05, 0.1) is 12.2 Å². The number of fused-ring (bicyclic) bond motifs is 1. The van der Waals surface area contributed by atoms with Crippen LogP contribution in [0.2, 0.25) is 0 Å². The Morgan fingerprint density at radius 3 is 2.75 bits per heavy atom. The van der Waals surface area contributed by atoms with E-state index in [0.29, 0.717) is 25.4 Å². The molecule has 1 amide bonds. The summed E-state index contributed by atoms with van der Waals surface area (Å²) in [7, 11) is 0. The number of hydrogen-bond donors (Lipinski definition) is 1. The monoisotopic (exact) mass is 274 g/mol. The van der Waals surface area contributed by atoms with E-state index >= 15 is 0 Å². The van der Waals surface area contributed by atoms with Gasteiger partial charge in [-0.15, -0.1) is 0 Å². The van der Waals surface area contributed by atoms with Crippen LogP contribution >= 0.6 is 0 Å². The van der Waals surface area contributed by atoms with Crippen LogP contribution in [-0.4, -0.2) is 42.6 Å². The number of carbonyl (C=O) groups is 1. The molecule has 4 nitrogen and oxygen atoms in total. The Morgan fingerprint density at radius 2 is 2.00 bits per heavy atom. The topological polar surface area (TPSA) is 41.6 Å². The lowest BCUT2D eigenvalue weighted by molar-refractivity contribution is -0.143. The fourth-order valence-corrected chi connectivity index (χ4v) is 3.26. The molecule has 1 N–H and O–H groups in total. The van der Waals surface area contributed by atoms with Gasteiger partial charge in [-0.25, -0.2) is 0 Å². The summed E-state index contributed by atoms with van der Waals surface area (Å²) in [6.07, 6.45) is 0.858. The van der Waals surface area contributed by atoms with Crippen LogP contribution in [0, 0.1) is 0 Å². The van der Waals surface area contributed by atoms with Crippen LogP contribution < -0.4 is 5.32 Å². The van der Waals surface area contributed by atoms with E-state index in [0.717, 1.165) is 6.54 Å².